The Morgan fingerprint density at radius 3 is 2.60 bits per heavy atom. The molecule has 0 N–H and O–H groups in total. The third-order valence-corrected chi connectivity index (χ3v) is 3.97. The molecule has 0 aliphatic carbocycles. The van der Waals surface area contributed by atoms with Crippen molar-refractivity contribution in [1.82, 2.24) is 4.90 Å². The zero-order valence-electron chi connectivity index (χ0n) is 11.4. The molecule has 2 aromatic rings. The molecular formula is C16H16N2OS. The smallest absolute Gasteiger partial charge is 0.176 e. The zero-order valence-corrected chi connectivity index (χ0v) is 12.2. The number of Topliss-reactive ketones (excluding diaryl/α,β-unsaturated/α-hetero) is 1. The van der Waals surface area contributed by atoms with Crippen LogP contribution < -0.4 is 0 Å². The number of carbonyl (C=O) groups excluding carboxylic acids is 1. The van der Waals surface area contributed by atoms with Crippen molar-refractivity contribution in [1.29, 1.82) is 5.26 Å². The first kappa shape index (κ1) is 14.4. The minimum atomic E-state index is 0.0906. The summed E-state index contributed by atoms with van der Waals surface area (Å²) in [6.45, 7) is 4.09. The van der Waals surface area contributed by atoms with E-state index in [0.717, 1.165) is 13.1 Å². The molecule has 1 aromatic carbocycles. The highest BCUT2D eigenvalue weighted by molar-refractivity contribution is 7.09. The molecule has 0 atom stereocenters. The summed E-state index contributed by atoms with van der Waals surface area (Å²) in [6.07, 6.45) is 0. The monoisotopic (exact) mass is 284 g/mol. The van der Waals surface area contributed by atoms with Gasteiger partial charge >= 0.3 is 0 Å². The topological polar surface area (TPSA) is 44.1 Å². The fourth-order valence-corrected chi connectivity index (χ4v) is 2.67. The molecule has 2 rings (SSSR count). The maximum absolute atomic E-state index is 12.2. The van der Waals surface area contributed by atoms with Gasteiger partial charge in [0.25, 0.3) is 0 Å². The fraction of sp³-hybridized carbons (Fsp3) is 0.250. The van der Waals surface area contributed by atoms with E-state index in [4.69, 9.17) is 5.26 Å². The van der Waals surface area contributed by atoms with Crippen LogP contribution in [0.2, 0.25) is 0 Å². The van der Waals surface area contributed by atoms with Crippen molar-refractivity contribution >= 4 is 17.1 Å². The molecule has 0 spiro atoms. The third-order valence-electron chi connectivity index (χ3n) is 3.11. The van der Waals surface area contributed by atoms with E-state index in [9.17, 15) is 4.79 Å². The average molecular weight is 284 g/mol. The summed E-state index contributed by atoms with van der Waals surface area (Å²) in [6, 6.07) is 13.0. The van der Waals surface area contributed by atoms with Gasteiger partial charge in [0.15, 0.2) is 5.78 Å². The van der Waals surface area contributed by atoms with Gasteiger partial charge in [-0.15, -0.1) is 11.3 Å². The number of thiophene rings is 1. The molecule has 102 valence electrons. The predicted octanol–water partition coefficient (Wildman–Crippen LogP) is 3.32. The van der Waals surface area contributed by atoms with Crippen LogP contribution in [-0.4, -0.2) is 23.8 Å². The van der Waals surface area contributed by atoms with Crippen molar-refractivity contribution in [3.05, 3.63) is 57.8 Å². The highest BCUT2D eigenvalue weighted by atomic mass is 32.1. The molecule has 0 amide bonds. The van der Waals surface area contributed by atoms with Crippen LogP contribution in [0.1, 0.15) is 27.7 Å². The number of hydrogen-bond donors (Lipinski definition) is 0. The van der Waals surface area contributed by atoms with Gasteiger partial charge in [0.2, 0.25) is 0 Å². The molecule has 0 aliphatic rings. The van der Waals surface area contributed by atoms with Crippen LogP contribution in [0.4, 0.5) is 0 Å². The Bertz CT molecular complexity index is 596. The molecule has 0 saturated carbocycles. The normalized spacial score (nSPS) is 10.4. The Balaban J connectivity index is 1.99. The number of carbonyl (C=O) groups is 1. The molecule has 4 heteroatoms. The first-order chi connectivity index (χ1) is 9.72. The second-order valence-electron chi connectivity index (χ2n) is 4.49. The lowest BCUT2D eigenvalue weighted by molar-refractivity contribution is 0.0930. The van der Waals surface area contributed by atoms with E-state index in [-0.39, 0.29) is 5.78 Å². The first-order valence-corrected chi connectivity index (χ1v) is 7.39. The lowest BCUT2D eigenvalue weighted by Crippen LogP contribution is -2.29. The molecule has 20 heavy (non-hydrogen) atoms. The quantitative estimate of drug-likeness (QED) is 0.764. The van der Waals surface area contributed by atoms with Crippen LogP contribution in [0.25, 0.3) is 0 Å². The minimum absolute atomic E-state index is 0.0906. The fourth-order valence-electron chi connectivity index (χ4n) is 1.93. The van der Waals surface area contributed by atoms with Gasteiger partial charge in [-0.1, -0.05) is 25.1 Å². The van der Waals surface area contributed by atoms with Crippen molar-refractivity contribution in [2.24, 2.45) is 0 Å². The molecular weight excluding hydrogens is 268 g/mol. The minimum Gasteiger partial charge on any atom is -0.293 e. The summed E-state index contributed by atoms with van der Waals surface area (Å²) >= 11 is 1.71. The van der Waals surface area contributed by atoms with Crippen molar-refractivity contribution in [3.8, 4) is 6.07 Å². The summed E-state index contributed by atoms with van der Waals surface area (Å²) in [5.74, 6) is 0.0906. The summed E-state index contributed by atoms with van der Waals surface area (Å²) in [4.78, 5) is 15.6. The maximum atomic E-state index is 12.2. The van der Waals surface area contributed by atoms with E-state index in [1.54, 1.807) is 35.6 Å². The van der Waals surface area contributed by atoms with E-state index in [0.29, 0.717) is 17.7 Å². The lowest BCUT2D eigenvalue weighted by atomic mass is 10.1. The summed E-state index contributed by atoms with van der Waals surface area (Å²) in [5, 5.41) is 10.8. The van der Waals surface area contributed by atoms with E-state index in [2.05, 4.69) is 24.0 Å². The summed E-state index contributed by atoms with van der Waals surface area (Å²) in [7, 11) is 0. The Morgan fingerprint density at radius 1 is 1.30 bits per heavy atom. The first-order valence-electron chi connectivity index (χ1n) is 6.51. The van der Waals surface area contributed by atoms with Crippen molar-refractivity contribution in [2.75, 3.05) is 13.1 Å². The maximum Gasteiger partial charge on any atom is 0.176 e. The third kappa shape index (κ3) is 3.77. The summed E-state index contributed by atoms with van der Waals surface area (Å²) in [5.41, 5.74) is 1.24. The van der Waals surface area contributed by atoms with Gasteiger partial charge in [0.1, 0.15) is 0 Å². The van der Waals surface area contributed by atoms with Crippen LogP contribution in [0.15, 0.2) is 41.8 Å². The number of likely N-dealkylation sites (N-methyl/N-ethyl adjacent to an activating group) is 1. The zero-order chi connectivity index (χ0) is 14.4. The summed E-state index contributed by atoms with van der Waals surface area (Å²) < 4.78 is 0. The Hall–Kier alpha value is -1.96. The molecule has 0 saturated heterocycles. The SMILES string of the molecule is CCN(CC(=O)c1ccc(C#N)cc1)Cc1cccs1. The molecule has 0 bridgehead atoms. The molecule has 1 heterocycles. The number of rotatable bonds is 6. The standard InChI is InChI=1S/C16H16N2OS/c1-2-18(11-15-4-3-9-20-15)12-16(19)14-7-5-13(10-17)6-8-14/h3-9H,2,11-12H2,1H3. The van der Waals surface area contributed by atoms with Crippen LogP contribution >= 0.6 is 11.3 Å². The van der Waals surface area contributed by atoms with Gasteiger partial charge in [0.05, 0.1) is 18.2 Å². The van der Waals surface area contributed by atoms with E-state index >= 15 is 0 Å². The average Bonchev–Trinajstić information content (AvgIpc) is 2.99. The van der Waals surface area contributed by atoms with Crippen molar-refractivity contribution in [3.63, 3.8) is 0 Å². The van der Waals surface area contributed by atoms with Gasteiger partial charge in [0, 0.05) is 17.0 Å². The Kier molecular flexibility index (Phi) is 5.05. The van der Waals surface area contributed by atoms with Crippen LogP contribution in [-0.2, 0) is 6.54 Å². The number of ketones is 1. The second-order valence-corrected chi connectivity index (χ2v) is 5.53. The Labute approximate surface area is 123 Å². The second kappa shape index (κ2) is 6.99. The molecule has 1 aromatic heterocycles. The molecule has 0 unspecified atom stereocenters. The van der Waals surface area contributed by atoms with Crippen molar-refractivity contribution in [2.45, 2.75) is 13.5 Å². The largest absolute Gasteiger partial charge is 0.293 e. The number of nitrogens with zero attached hydrogens (tertiary/aromatic N) is 2. The van der Waals surface area contributed by atoms with E-state index < -0.39 is 0 Å². The number of nitriles is 1. The van der Waals surface area contributed by atoms with Gasteiger partial charge in [-0.25, -0.2) is 0 Å². The molecule has 0 fully saturated rings. The van der Waals surface area contributed by atoms with Gasteiger partial charge in [-0.2, -0.15) is 5.26 Å². The predicted molar refractivity (Wildman–Crippen MR) is 80.8 cm³/mol. The number of benzene rings is 1. The molecule has 0 radical (unpaired) electrons. The number of hydrogen-bond acceptors (Lipinski definition) is 4. The highest BCUT2D eigenvalue weighted by Gasteiger charge is 2.12. The van der Waals surface area contributed by atoms with Gasteiger partial charge < -0.3 is 0 Å². The van der Waals surface area contributed by atoms with E-state index in [1.165, 1.54) is 4.88 Å². The van der Waals surface area contributed by atoms with Gasteiger partial charge in [-0.3, -0.25) is 9.69 Å². The van der Waals surface area contributed by atoms with Crippen LogP contribution in [0.3, 0.4) is 0 Å². The Morgan fingerprint density at radius 2 is 2.05 bits per heavy atom. The van der Waals surface area contributed by atoms with E-state index in [1.807, 2.05) is 11.4 Å². The van der Waals surface area contributed by atoms with Crippen LogP contribution in [0, 0.1) is 11.3 Å². The lowest BCUT2D eigenvalue weighted by Gasteiger charge is -2.18. The van der Waals surface area contributed by atoms with Gasteiger partial charge in [-0.05, 0) is 30.1 Å². The molecule has 3 nitrogen and oxygen atoms in total. The van der Waals surface area contributed by atoms with Crippen LogP contribution in [0.5, 0.6) is 0 Å². The highest BCUT2D eigenvalue weighted by Crippen LogP contribution is 2.12. The molecule has 0 aliphatic heterocycles. The van der Waals surface area contributed by atoms with Crippen molar-refractivity contribution < 1.29 is 4.79 Å².